The summed E-state index contributed by atoms with van der Waals surface area (Å²) in [5.41, 5.74) is 7.86. The van der Waals surface area contributed by atoms with Crippen LogP contribution in [0.1, 0.15) is 30.0 Å². The molecule has 4 heteroatoms. The zero-order valence-corrected chi connectivity index (χ0v) is 12.5. The van der Waals surface area contributed by atoms with Gasteiger partial charge in [0.05, 0.1) is 0 Å². The highest BCUT2D eigenvalue weighted by molar-refractivity contribution is 5.26. The fourth-order valence-electron chi connectivity index (χ4n) is 3.26. The van der Waals surface area contributed by atoms with Crippen LogP contribution in [-0.4, -0.2) is 24.0 Å². The molecule has 0 aromatic heterocycles. The lowest BCUT2D eigenvalue weighted by molar-refractivity contribution is 0.251. The maximum absolute atomic E-state index is 14.0. The van der Waals surface area contributed by atoms with Crippen molar-refractivity contribution in [3.8, 4) is 0 Å². The number of nitrogens with two attached hydrogens (primary N) is 1. The molecule has 0 bridgehead atoms. The van der Waals surface area contributed by atoms with Crippen LogP contribution in [0.25, 0.3) is 0 Å². The molecule has 1 fully saturated rings. The molecule has 2 nitrogen and oxygen atoms in total. The van der Waals surface area contributed by atoms with Crippen molar-refractivity contribution in [2.45, 2.75) is 24.9 Å². The van der Waals surface area contributed by atoms with Gasteiger partial charge in [0.2, 0.25) is 0 Å². The van der Waals surface area contributed by atoms with E-state index in [1.54, 1.807) is 0 Å². The second kappa shape index (κ2) is 6.15. The van der Waals surface area contributed by atoms with E-state index in [1.165, 1.54) is 17.7 Å². The van der Waals surface area contributed by atoms with Gasteiger partial charge < -0.3 is 5.73 Å². The van der Waals surface area contributed by atoms with E-state index in [9.17, 15) is 8.78 Å². The summed E-state index contributed by atoms with van der Waals surface area (Å²) >= 11 is 0. The number of halogens is 2. The Kier molecular flexibility index (Phi) is 4.23. The van der Waals surface area contributed by atoms with E-state index in [4.69, 9.17) is 5.73 Å². The van der Waals surface area contributed by atoms with Gasteiger partial charge in [0, 0.05) is 36.7 Å². The Morgan fingerprint density at radius 2 is 1.82 bits per heavy atom. The van der Waals surface area contributed by atoms with Crippen LogP contribution < -0.4 is 5.73 Å². The van der Waals surface area contributed by atoms with Crippen molar-refractivity contribution < 1.29 is 8.78 Å². The zero-order valence-electron chi connectivity index (χ0n) is 12.5. The number of benzene rings is 2. The third kappa shape index (κ3) is 2.89. The lowest BCUT2D eigenvalue weighted by Gasteiger charge is -2.25. The minimum Gasteiger partial charge on any atom is -0.326 e. The molecule has 0 spiro atoms. The van der Waals surface area contributed by atoms with Crippen LogP contribution in [0.4, 0.5) is 8.78 Å². The average Bonchev–Trinajstić information content (AvgIpc) is 2.92. The molecule has 1 aliphatic heterocycles. The molecular formula is C18H20F2N2. The molecule has 3 rings (SSSR count). The number of hydrogen-bond donors (Lipinski definition) is 1. The summed E-state index contributed by atoms with van der Waals surface area (Å²) in [6, 6.07) is 13.5. The van der Waals surface area contributed by atoms with E-state index in [0.29, 0.717) is 12.1 Å². The summed E-state index contributed by atoms with van der Waals surface area (Å²) in [6.07, 6.45) is 0. The third-order valence-electron chi connectivity index (χ3n) is 4.58. The highest BCUT2D eigenvalue weighted by Gasteiger charge is 2.34. The highest BCUT2D eigenvalue weighted by atomic mass is 19.1. The topological polar surface area (TPSA) is 29.3 Å². The first-order valence-electron chi connectivity index (χ1n) is 7.56. The fraction of sp³-hybridized carbons (Fsp3) is 0.333. The lowest BCUT2D eigenvalue weighted by atomic mass is 9.95. The Balaban J connectivity index is 1.80. The number of hydrogen-bond acceptors (Lipinski definition) is 2. The maximum Gasteiger partial charge on any atom is 0.128 e. The van der Waals surface area contributed by atoms with Crippen molar-refractivity contribution in [3.05, 3.63) is 71.3 Å². The summed E-state index contributed by atoms with van der Waals surface area (Å²) in [5.74, 6) is -0.558. The average molecular weight is 302 g/mol. The van der Waals surface area contributed by atoms with Crippen LogP contribution in [0.3, 0.4) is 0 Å². The van der Waals surface area contributed by atoms with Crippen LogP contribution in [0.2, 0.25) is 0 Å². The number of nitrogens with zero attached hydrogens (tertiary/aromatic N) is 1. The smallest absolute Gasteiger partial charge is 0.128 e. The summed E-state index contributed by atoms with van der Waals surface area (Å²) in [5, 5.41) is 0. The van der Waals surface area contributed by atoms with Crippen molar-refractivity contribution in [2.75, 3.05) is 13.1 Å². The fourth-order valence-corrected chi connectivity index (χ4v) is 3.26. The van der Waals surface area contributed by atoms with Crippen LogP contribution in [0, 0.1) is 11.6 Å². The standard InChI is InChI=1S/C18H20F2N2/c1-12(15-9-14(19)7-8-17(15)20)22-10-16(18(21)11-22)13-5-3-2-4-6-13/h2-9,12,16,18H,10-11,21H2,1H3/t12?,16-,18+/m0/s1. The monoisotopic (exact) mass is 302 g/mol. The summed E-state index contributed by atoms with van der Waals surface area (Å²) in [4.78, 5) is 2.13. The maximum atomic E-state index is 14.0. The molecule has 116 valence electrons. The second-order valence-corrected chi connectivity index (χ2v) is 5.98. The van der Waals surface area contributed by atoms with E-state index in [-0.39, 0.29) is 23.8 Å². The van der Waals surface area contributed by atoms with Crippen molar-refractivity contribution in [2.24, 2.45) is 5.73 Å². The summed E-state index contributed by atoms with van der Waals surface area (Å²) < 4.78 is 27.4. The van der Waals surface area contributed by atoms with E-state index < -0.39 is 5.82 Å². The first kappa shape index (κ1) is 15.1. The Morgan fingerprint density at radius 1 is 1.09 bits per heavy atom. The number of likely N-dealkylation sites (tertiary alicyclic amines) is 1. The molecule has 1 aliphatic rings. The molecule has 2 N–H and O–H groups in total. The van der Waals surface area contributed by atoms with Crippen LogP contribution in [0.5, 0.6) is 0 Å². The van der Waals surface area contributed by atoms with Gasteiger partial charge in [-0.25, -0.2) is 8.78 Å². The Morgan fingerprint density at radius 3 is 2.55 bits per heavy atom. The predicted octanol–water partition coefficient (Wildman–Crippen LogP) is 3.45. The van der Waals surface area contributed by atoms with Gasteiger partial charge in [0.25, 0.3) is 0 Å². The van der Waals surface area contributed by atoms with Crippen LogP contribution in [0.15, 0.2) is 48.5 Å². The largest absolute Gasteiger partial charge is 0.326 e. The van der Waals surface area contributed by atoms with E-state index in [1.807, 2.05) is 25.1 Å². The molecule has 0 radical (unpaired) electrons. The summed E-state index contributed by atoms with van der Waals surface area (Å²) in [6.45, 7) is 3.33. The van der Waals surface area contributed by atoms with Gasteiger partial charge in [0.1, 0.15) is 11.6 Å². The van der Waals surface area contributed by atoms with Gasteiger partial charge in [-0.15, -0.1) is 0 Å². The number of rotatable bonds is 3. The van der Waals surface area contributed by atoms with Crippen molar-refractivity contribution >= 4 is 0 Å². The van der Waals surface area contributed by atoms with Crippen LogP contribution >= 0.6 is 0 Å². The van der Waals surface area contributed by atoms with Crippen molar-refractivity contribution in [1.29, 1.82) is 0 Å². The van der Waals surface area contributed by atoms with Gasteiger partial charge in [-0.05, 0) is 30.7 Å². The molecule has 2 aromatic rings. The molecule has 1 unspecified atom stereocenters. The van der Waals surface area contributed by atoms with E-state index >= 15 is 0 Å². The minimum absolute atomic E-state index is 0.00136. The molecular weight excluding hydrogens is 282 g/mol. The lowest BCUT2D eigenvalue weighted by Crippen LogP contribution is -2.30. The van der Waals surface area contributed by atoms with Gasteiger partial charge >= 0.3 is 0 Å². The minimum atomic E-state index is -0.411. The van der Waals surface area contributed by atoms with Crippen molar-refractivity contribution in [1.82, 2.24) is 4.90 Å². The SMILES string of the molecule is CC(c1cc(F)ccc1F)N1C[C@@H](N)[C@H](c2ccccc2)C1. The molecule has 2 aromatic carbocycles. The van der Waals surface area contributed by atoms with Gasteiger partial charge in [-0.1, -0.05) is 30.3 Å². The molecule has 22 heavy (non-hydrogen) atoms. The van der Waals surface area contributed by atoms with Gasteiger partial charge in [-0.2, -0.15) is 0 Å². The van der Waals surface area contributed by atoms with Gasteiger partial charge in [0.15, 0.2) is 0 Å². The first-order chi connectivity index (χ1) is 10.6. The first-order valence-corrected chi connectivity index (χ1v) is 7.56. The second-order valence-electron chi connectivity index (χ2n) is 5.98. The van der Waals surface area contributed by atoms with Crippen LogP contribution in [-0.2, 0) is 0 Å². The van der Waals surface area contributed by atoms with E-state index in [2.05, 4.69) is 17.0 Å². The van der Waals surface area contributed by atoms with Gasteiger partial charge in [-0.3, -0.25) is 4.90 Å². The van der Waals surface area contributed by atoms with Crippen molar-refractivity contribution in [3.63, 3.8) is 0 Å². The molecule has 0 saturated carbocycles. The predicted molar refractivity (Wildman–Crippen MR) is 83.5 cm³/mol. The summed E-state index contributed by atoms with van der Waals surface area (Å²) in [7, 11) is 0. The quantitative estimate of drug-likeness (QED) is 0.941. The normalized spacial score (nSPS) is 23.6. The molecule has 0 amide bonds. The molecule has 1 heterocycles. The Labute approximate surface area is 129 Å². The zero-order chi connectivity index (χ0) is 15.7. The molecule has 3 atom stereocenters. The molecule has 0 aliphatic carbocycles. The Hall–Kier alpha value is -1.78. The highest BCUT2D eigenvalue weighted by Crippen LogP contribution is 2.33. The van der Waals surface area contributed by atoms with E-state index in [0.717, 1.165) is 12.6 Å². The molecule has 1 saturated heterocycles. The third-order valence-corrected chi connectivity index (χ3v) is 4.58. The Bertz CT molecular complexity index is 645.